The Labute approximate surface area is 115 Å². The molecule has 0 aromatic heterocycles. The first-order valence-electron chi connectivity index (χ1n) is 7.15. The van der Waals surface area contributed by atoms with Crippen molar-refractivity contribution in [2.45, 2.75) is 45.6 Å². The van der Waals surface area contributed by atoms with Gasteiger partial charge in [0.15, 0.2) is 0 Å². The van der Waals surface area contributed by atoms with Gasteiger partial charge < -0.3 is 10.4 Å². The summed E-state index contributed by atoms with van der Waals surface area (Å²) in [6.45, 7) is 3.95. The van der Waals surface area contributed by atoms with Gasteiger partial charge in [0.25, 0.3) is 5.91 Å². The lowest BCUT2D eigenvalue weighted by atomic mass is 9.90. The fourth-order valence-electron chi connectivity index (χ4n) is 2.47. The Bertz CT molecular complexity index is 456. The molecule has 104 valence electrons. The van der Waals surface area contributed by atoms with E-state index in [1.165, 1.54) is 24.0 Å². The Kier molecular flexibility index (Phi) is 4.59. The second-order valence-corrected chi connectivity index (χ2v) is 5.61. The summed E-state index contributed by atoms with van der Waals surface area (Å²) in [6, 6.07) is 6.01. The van der Waals surface area contributed by atoms with Gasteiger partial charge >= 0.3 is 0 Å². The van der Waals surface area contributed by atoms with Crippen LogP contribution in [0, 0.1) is 5.92 Å². The molecule has 0 heterocycles. The Morgan fingerprint density at radius 2 is 1.95 bits per heavy atom. The van der Waals surface area contributed by atoms with Crippen molar-refractivity contribution >= 4 is 5.91 Å². The summed E-state index contributed by atoms with van der Waals surface area (Å²) < 4.78 is 0. The monoisotopic (exact) mass is 261 g/mol. The van der Waals surface area contributed by atoms with Crippen LogP contribution in [-0.4, -0.2) is 23.7 Å². The first-order valence-corrected chi connectivity index (χ1v) is 7.15. The molecular weight excluding hydrogens is 238 g/mol. The van der Waals surface area contributed by atoms with Crippen LogP contribution in [0.25, 0.3) is 0 Å². The second kappa shape index (κ2) is 6.20. The van der Waals surface area contributed by atoms with E-state index in [0.717, 1.165) is 18.4 Å². The quantitative estimate of drug-likeness (QED) is 0.874. The van der Waals surface area contributed by atoms with E-state index in [-0.39, 0.29) is 24.5 Å². The van der Waals surface area contributed by atoms with Gasteiger partial charge in [0.05, 0.1) is 0 Å². The molecule has 0 aliphatic heterocycles. The van der Waals surface area contributed by atoms with E-state index in [1.54, 1.807) is 0 Å². The van der Waals surface area contributed by atoms with Gasteiger partial charge in [-0.05, 0) is 61.8 Å². The zero-order valence-electron chi connectivity index (χ0n) is 11.8. The van der Waals surface area contributed by atoms with Crippen LogP contribution in [0.2, 0.25) is 0 Å². The molecular formula is C16H23NO2. The van der Waals surface area contributed by atoms with Crippen LogP contribution >= 0.6 is 0 Å². The number of amides is 1. The van der Waals surface area contributed by atoms with Crippen molar-refractivity contribution in [3.63, 3.8) is 0 Å². The molecule has 3 nitrogen and oxygen atoms in total. The smallest absolute Gasteiger partial charge is 0.251 e. The number of hydrogen-bond donors (Lipinski definition) is 2. The first-order chi connectivity index (χ1) is 9.11. The molecule has 2 unspecified atom stereocenters. The molecule has 1 amide bonds. The van der Waals surface area contributed by atoms with Gasteiger partial charge in [-0.3, -0.25) is 4.79 Å². The average Bonchev–Trinajstić information content (AvgIpc) is 2.45. The van der Waals surface area contributed by atoms with Gasteiger partial charge in [-0.2, -0.15) is 0 Å². The minimum absolute atomic E-state index is 0.0199. The van der Waals surface area contributed by atoms with Crippen LogP contribution in [0.3, 0.4) is 0 Å². The number of hydrogen-bond acceptors (Lipinski definition) is 2. The fourth-order valence-corrected chi connectivity index (χ4v) is 2.47. The number of benzene rings is 1. The third-order valence-corrected chi connectivity index (χ3v) is 4.11. The summed E-state index contributed by atoms with van der Waals surface area (Å²) >= 11 is 0. The Balaban J connectivity index is 2.07. The van der Waals surface area contributed by atoms with Gasteiger partial charge in [0.1, 0.15) is 0 Å². The van der Waals surface area contributed by atoms with Crippen molar-refractivity contribution in [2.75, 3.05) is 6.61 Å². The van der Waals surface area contributed by atoms with Gasteiger partial charge in [-0.1, -0.05) is 13.0 Å². The van der Waals surface area contributed by atoms with Gasteiger partial charge in [0, 0.05) is 18.2 Å². The molecule has 0 saturated heterocycles. The third kappa shape index (κ3) is 3.35. The number of rotatable bonds is 4. The van der Waals surface area contributed by atoms with Gasteiger partial charge in [0.2, 0.25) is 0 Å². The summed E-state index contributed by atoms with van der Waals surface area (Å²) in [4.78, 5) is 12.2. The summed E-state index contributed by atoms with van der Waals surface area (Å²) in [5, 5.41) is 12.1. The number of carbonyl (C=O) groups is 1. The molecule has 1 aromatic carbocycles. The third-order valence-electron chi connectivity index (χ3n) is 4.11. The highest BCUT2D eigenvalue weighted by molar-refractivity contribution is 5.94. The lowest BCUT2D eigenvalue weighted by molar-refractivity contribution is 0.0916. The summed E-state index contributed by atoms with van der Waals surface area (Å²) in [6.07, 6.45) is 4.69. The lowest BCUT2D eigenvalue weighted by Gasteiger charge is -2.20. The van der Waals surface area contributed by atoms with Crippen molar-refractivity contribution in [1.29, 1.82) is 0 Å². The molecule has 0 fully saturated rings. The molecule has 0 radical (unpaired) electrons. The van der Waals surface area contributed by atoms with E-state index in [4.69, 9.17) is 5.11 Å². The Morgan fingerprint density at radius 1 is 1.26 bits per heavy atom. The van der Waals surface area contributed by atoms with E-state index in [9.17, 15) is 4.79 Å². The molecule has 2 rings (SSSR count). The first kappa shape index (κ1) is 14.1. The standard InChI is InChI=1S/C16H23NO2/c1-11(10-18)12(2)17-16(19)15-8-7-13-5-3-4-6-14(13)9-15/h7-9,11-12,18H,3-6,10H2,1-2H3,(H,17,19). The molecule has 1 aliphatic rings. The normalized spacial score (nSPS) is 17.4. The van der Waals surface area contributed by atoms with Crippen LogP contribution in [-0.2, 0) is 12.8 Å². The van der Waals surface area contributed by atoms with Crippen molar-refractivity contribution in [3.05, 3.63) is 34.9 Å². The van der Waals surface area contributed by atoms with E-state index in [1.807, 2.05) is 26.0 Å². The molecule has 2 atom stereocenters. The van der Waals surface area contributed by atoms with E-state index >= 15 is 0 Å². The van der Waals surface area contributed by atoms with Crippen LogP contribution < -0.4 is 5.32 Å². The van der Waals surface area contributed by atoms with E-state index in [2.05, 4.69) is 11.4 Å². The highest BCUT2D eigenvalue weighted by Gasteiger charge is 2.17. The van der Waals surface area contributed by atoms with Crippen LogP contribution in [0.1, 0.15) is 48.2 Å². The van der Waals surface area contributed by atoms with Crippen molar-refractivity contribution in [2.24, 2.45) is 5.92 Å². The molecule has 0 spiro atoms. The average molecular weight is 261 g/mol. The second-order valence-electron chi connectivity index (χ2n) is 5.61. The van der Waals surface area contributed by atoms with E-state index in [0.29, 0.717) is 0 Å². The van der Waals surface area contributed by atoms with Crippen LogP contribution in [0.15, 0.2) is 18.2 Å². The summed E-state index contributed by atoms with van der Waals surface area (Å²) in [5.41, 5.74) is 3.44. The van der Waals surface area contributed by atoms with Crippen molar-refractivity contribution < 1.29 is 9.90 Å². The Morgan fingerprint density at radius 3 is 2.63 bits per heavy atom. The SMILES string of the molecule is CC(CO)C(C)NC(=O)c1ccc2c(c1)CCCC2. The minimum Gasteiger partial charge on any atom is -0.396 e. The fraction of sp³-hybridized carbons (Fsp3) is 0.562. The minimum atomic E-state index is -0.0406. The molecule has 0 bridgehead atoms. The molecule has 0 saturated carbocycles. The van der Waals surface area contributed by atoms with Crippen molar-refractivity contribution in [1.82, 2.24) is 5.32 Å². The number of aliphatic hydroxyl groups excluding tert-OH is 1. The van der Waals surface area contributed by atoms with E-state index < -0.39 is 0 Å². The van der Waals surface area contributed by atoms with Crippen LogP contribution in [0.5, 0.6) is 0 Å². The molecule has 19 heavy (non-hydrogen) atoms. The number of carbonyl (C=O) groups excluding carboxylic acids is 1. The Hall–Kier alpha value is -1.35. The molecule has 3 heteroatoms. The topological polar surface area (TPSA) is 49.3 Å². The molecule has 1 aliphatic carbocycles. The molecule has 2 N–H and O–H groups in total. The van der Waals surface area contributed by atoms with Gasteiger partial charge in [-0.25, -0.2) is 0 Å². The maximum absolute atomic E-state index is 12.2. The number of fused-ring (bicyclic) bond motifs is 1. The predicted molar refractivity (Wildman–Crippen MR) is 76.3 cm³/mol. The van der Waals surface area contributed by atoms with Gasteiger partial charge in [-0.15, -0.1) is 0 Å². The highest BCUT2D eigenvalue weighted by atomic mass is 16.3. The summed E-state index contributed by atoms with van der Waals surface area (Å²) in [5.74, 6) is 0.0303. The van der Waals surface area contributed by atoms with Crippen molar-refractivity contribution in [3.8, 4) is 0 Å². The zero-order valence-corrected chi connectivity index (χ0v) is 11.8. The zero-order chi connectivity index (χ0) is 13.8. The number of aliphatic hydroxyl groups is 1. The van der Waals surface area contributed by atoms with Crippen LogP contribution in [0.4, 0.5) is 0 Å². The maximum Gasteiger partial charge on any atom is 0.251 e. The lowest BCUT2D eigenvalue weighted by Crippen LogP contribution is -2.38. The predicted octanol–water partition coefficient (Wildman–Crippen LogP) is 2.31. The summed E-state index contributed by atoms with van der Waals surface area (Å²) in [7, 11) is 0. The highest BCUT2D eigenvalue weighted by Crippen LogP contribution is 2.22. The number of nitrogens with one attached hydrogen (secondary N) is 1. The number of aryl methyl sites for hydroxylation is 2. The molecule has 1 aromatic rings. The largest absolute Gasteiger partial charge is 0.396 e. The maximum atomic E-state index is 12.2.